The van der Waals surface area contributed by atoms with Gasteiger partial charge < -0.3 is 9.64 Å². The van der Waals surface area contributed by atoms with Gasteiger partial charge >= 0.3 is 0 Å². The summed E-state index contributed by atoms with van der Waals surface area (Å²) in [4.78, 5) is 53.1. The fraction of sp³-hybridized carbons (Fsp3) is 0.160. The van der Waals surface area contributed by atoms with Gasteiger partial charge in [0.1, 0.15) is 17.4 Å². The first kappa shape index (κ1) is 23.8. The predicted molar refractivity (Wildman–Crippen MR) is 132 cm³/mol. The first-order valence-corrected chi connectivity index (χ1v) is 11.7. The zero-order chi connectivity index (χ0) is 25.7. The number of imide groups is 1. The molecule has 3 amide bonds. The van der Waals surface area contributed by atoms with Crippen molar-refractivity contribution in [2.24, 2.45) is 0 Å². The maximum Gasteiger partial charge on any atom is 0.282 e. The Bertz CT molecular complexity index is 1440. The Labute approximate surface area is 214 Å². The number of benzene rings is 3. The first-order valence-electron chi connectivity index (χ1n) is 10.9. The molecule has 9 nitrogen and oxygen atoms in total. The lowest BCUT2D eigenvalue weighted by Crippen LogP contribution is -2.67. The third-order valence-electron chi connectivity index (χ3n) is 6.18. The third-order valence-corrected chi connectivity index (χ3v) is 6.92. The second-order valence-corrected chi connectivity index (χ2v) is 8.95. The lowest BCUT2D eigenvalue weighted by molar-refractivity contribution is -0.385. The summed E-state index contributed by atoms with van der Waals surface area (Å²) in [5, 5.41) is 12.0. The molecular weight excluding hydrogens is 509 g/mol. The molecule has 0 N–H and O–H groups in total. The first-order chi connectivity index (χ1) is 17.2. The zero-order valence-electron chi connectivity index (χ0n) is 18.7. The number of hydrogen-bond donors (Lipinski definition) is 0. The number of halogens is 2. The monoisotopic (exact) mass is 525 g/mol. The molecule has 0 unspecified atom stereocenters. The summed E-state index contributed by atoms with van der Waals surface area (Å²) < 4.78 is 5.50. The molecule has 0 aliphatic carbocycles. The van der Waals surface area contributed by atoms with E-state index in [1.54, 1.807) is 36.4 Å². The highest BCUT2D eigenvalue weighted by Gasteiger charge is 2.58. The molecule has 2 aliphatic heterocycles. The van der Waals surface area contributed by atoms with Gasteiger partial charge in [0.15, 0.2) is 0 Å². The summed E-state index contributed by atoms with van der Waals surface area (Å²) in [6, 6.07) is 13.4. The molecule has 11 heteroatoms. The minimum Gasteiger partial charge on any atom is -0.494 e. The molecule has 36 heavy (non-hydrogen) atoms. The van der Waals surface area contributed by atoms with Crippen LogP contribution in [0.25, 0.3) is 0 Å². The van der Waals surface area contributed by atoms with E-state index in [0.717, 1.165) is 11.0 Å². The molecule has 5 rings (SSSR count). The number of ether oxygens (including phenoxy) is 1. The van der Waals surface area contributed by atoms with Crippen LogP contribution in [0.4, 0.5) is 11.4 Å². The van der Waals surface area contributed by atoms with E-state index in [1.807, 2.05) is 6.92 Å². The van der Waals surface area contributed by atoms with Crippen LogP contribution in [-0.4, -0.2) is 40.2 Å². The quantitative estimate of drug-likeness (QED) is 0.192. The van der Waals surface area contributed by atoms with Crippen LogP contribution in [0.15, 0.2) is 60.7 Å². The normalized spacial score (nSPS) is 18.8. The Morgan fingerprint density at radius 1 is 0.917 bits per heavy atom. The number of nitrogens with zero attached hydrogens (tertiary/aromatic N) is 3. The van der Waals surface area contributed by atoms with Gasteiger partial charge in [-0.3, -0.25) is 29.4 Å². The largest absolute Gasteiger partial charge is 0.494 e. The molecule has 2 heterocycles. The minimum atomic E-state index is -1.22. The molecule has 2 aliphatic rings. The second kappa shape index (κ2) is 8.92. The highest BCUT2D eigenvalue weighted by Crippen LogP contribution is 2.46. The number of nitro benzene ring substituents is 1. The van der Waals surface area contributed by atoms with E-state index < -0.39 is 40.4 Å². The fourth-order valence-electron chi connectivity index (χ4n) is 4.60. The van der Waals surface area contributed by atoms with Gasteiger partial charge in [-0.05, 0) is 48.9 Å². The fourth-order valence-corrected chi connectivity index (χ4v) is 4.89. The van der Waals surface area contributed by atoms with E-state index in [0.29, 0.717) is 28.6 Å². The van der Waals surface area contributed by atoms with E-state index in [9.17, 15) is 24.5 Å². The predicted octanol–water partition coefficient (Wildman–Crippen LogP) is 5.05. The van der Waals surface area contributed by atoms with Crippen LogP contribution in [0.2, 0.25) is 10.0 Å². The van der Waals surface area contributed by atoms with Gasteiger partial charge in [-0.25, -0.2) is 0 Å². The Morgan fingerprint density at radius 3 is 2.28 bits per heavy atom. The molecule has 0 saturated carbocycles. The summed E-state index contributed by atoms with van der Waals surface area (Å²) in [7, 11) is 0. The maximum absolute atomic E-state index is 13.5. The van der Waals surface area contributed by atoms with Gasteiger partial charge in [-0.2, -0.15) is 0 Å². The summed E-state index contributed by atoms with van der Waals surface area (Å²) >= 11 is 12.2. The summed E-state index contributed by atoms with van der Waals surface area (Å²) in [5.41, 5.74) is 0.130. The zero-order valence-corrected chi connectivity index (χ0v) is 20.2. The van der Waals surface area contributed by atoms with Gasteiger partial charge in [0.05, 0.1) is 33.2 Å². The van der Waals surface area contributed by atoms with Crippen LogP contribution in [0.5, 0.6) is 5.75 Å². The van der Waals surface area contributed by atoms with Gasteiger partial charge in [-0.15, -0.1) is 0 Å². The highest BCUT2D eigenvalue weighted by molar-refractivity contribution is 6.42. The van der Waals surface area contributed by atoms with Crippen LogP contribution in [0.1, 0.15) is 39.2 Å². The molecule has 3 aromatic carbocycles. The highest BCUT2D eigenvalue weighted by atomic mass is 35.5. The van der Waals surface area contributed by atoms with Crippen molar-refractivity contribution in [2.75, 3.05) is 11.5 Å². The number of anilines is 1. The molecule has 0 radical (unpaired) electrons. The molecule has 0 bridgehead atoms. The second-order valence-electron chi connectivity index (χ2n) is 8.14. The van der Waals surface area contributed by atoms with E-state index in [-0.39, 0.29) is 16.1 Å². The van der Waals surface area contributed by atoms with Crippen molar-refractivity contribution in [1.82, 2.24) is 4.90 Å². The van der Waals surface area contributed by atoms with Gasteiger partial charge in [0, 0.05) is 11.8 Å². The minimum absolute atomic E-state index is 0.111. The molecule has 0 spiro atoms. The number of fused-ring (bicyclic) bond motifs is 1. The number of amides is 3. The van der Waals surface area contributed by atoms with Crippen molar-refractivity contribution in [2.45, 2.75) is 19.0 Å². The Morgan fingerprint density at radius 2 is 1.64 bits per heavy atom. The van der Waals surface area contributed by atoms with Crippen LogP contribution >= 0.6 is 23.2 Å². The van der Waals surface area contributed by atoms with Crippen LogP contribution in [0.3, 0.4) is 0 Å². The average molecular weight is 526 g/mol. The molecule has 0 aromatic heterocycles. The van der Waals surface area contributed by atoms with Crippen molar-refractivity contribution >= 4 is 52.3 Å². The summed E-state index contributed by atoms with van der Waals surface area (Å²) in [6.07, 6.45) is 0. The molecule has 182 valence electrons. The third kappa shape index (κ3) is 3.59. The van der Waals surface area contributed by atoms with Crippen molar-refractivity contribution in [3.8, 4) is 5.75 Å². The number of hydrogen-bond acceptors (Lipinski definition) is 6. The van der Waals surface area contributed by atoms with E-state index >= 15 is 0 Å². The number of carbonyl (C=O) groups excluding carboxylic acids is 3. The summed E-state index contributed by atoms with van der Waals surface area (Å²) in [6.45, 7) is 2.31. The molecular formula is C25H17Cl2N3O6. The van der Waals surface area contributed by atoms with E-state index in [1.165, 1.54) is 23.1 Å². The Hall–Kier alpha value is -3.95. The number of β-lactam (4-membered cyclic amide) rings is 1. The van der Waals surface area contributed by atoms with Crippen molar-refractivity contribution in [3.05, 3.63) is 97.5 Å². The molecule has 2 atom stereocenters. The molecule has 1 fully saturated rings. The van der Waals surface area contributed by atoms with Crippen molar-refractivity contribution < 1.29 is 24.0 Å². The number of carbonyl (C=O) groups is 3. The standard InChI is InChI=1S/C25H17Cl2N3O6/c1-2-36-15-9-6-13(7-10-15)21-22(25(33)28(21)14-8-11-17(26)18(27)12-14)29-23(31)16-4-3-5-19(30(34)35)20(16)24(29)32/h3-12,21-22H,2H2,1H3/t21-,22-/m0/s1. The molecule has 3 aromatic rings. The van der Waals surface area contributed by atoms with Crippen molar-refractivity contribution in [3.63, 3.8) is 0 Å². The SMILES string of the molecule is CCOc1ccc([C@H]2[C@H](N3C(=O)c4cccc([N+](=O)[O-])c4C3=O)C(=O)N2c2ccc(Cl)c(Cl)c2)cc1. The van der Waals surface area contributed by atoms with Gasteiger partial charge in [0.2, 0.25) is 0 Å². The van der Waals surface area contributed by atoms with Crippen LogP contribution in [0, 0.1) is 10.1 Å². The van der Waals surface area contributed by atoms with E-state index in [4.69, 9.17) is 27.9 Å². The number of nitro groups is 1. The Balaban J connectivity index is 1.59. The van der Waals surface area contributed by atoms with Crippen LogP contribution < -0.4 is 9.64 Å². The maximum atomic E-state index is 13.5. The van der Waals surface area contributed by atoms with Gasteiger partial charge in [-0.1, -0.05) is 41.4 Å². The number of rotatable bonds is 6. The average Bonchev–Trinajstić information content (AvgIpc) is 3.10. The van der Waals surface area contributed by atoms with Crippen molar-refractivity contribution in [1.29, 1.82) is 0 Å². The lowest BCUT2D eigenvalue weighted by Gasteiger charge is -2.49. The van der Waals surface area contributed by atoms with Crippen LogP contribution in [-0.2, 0) is 4.79 Å². The topological polar surface area (TPSA) is 110 Å². The van der Waals surface area contributed by atoms with Gasteiger partial charge in [0.25, 0.3) is 23.4 Å². The molecule has 1 saturated heterocycles. The lowest BCUT2D eigenvalue weighted by atomic mass is 9.86. The van der Waals surface area contributed by atoms with E-state index in [2.05, 4.69) is 0 Å². The smallest absolute Gasteiger partial charge is 0.282 e. The Kier molecular flexibility index (Phi) is 5.89. The summed E-state index contributed by atoms with van der Waals surface area (Å²) in [5.74, 6) is -1.57.